The zero-order chi connectivity index (χ0) is 22.3. The number of aliphatic hydroxyl groups is 2. The molecule has 0 aromatic heterocycles. The van der Waals surface area contributed by atoms with Gasteiger partial charge in [-0.3, -0.25) is 9.69 Å². The van der Waals surface area contributed by atoms with Gasteiger partial charge in [0.1, 0.15) is 11.1 Å². The minimum atomic E-state index is -0.790. The zero-order valence-electron chi connectivity index (χ0n) is 17.2. The second-order valence-electron chi connectivity index (χ2n) is 7.55. The molecule has 2 aromatic carbocycles. The number of thiol groups is 1. The van der Waals surface area contributed by atoms with Crippen molar-refractivity contribution in [2.45, 2.75) is 29.7 Å². The molecule has 2 aliphatic rings. The maximum atomic E-state index is 12.5. The van der Waals surface area contributed by atoms with Crippen molar-refractivity contribution >= 4 is 52.7 Å². The van der Waals surface area contributed by atoms with E-state index >= 15 is 0 Å². The third kappa shape index (κ3) is 3.69. The molecule has 2 heterocycles. The number of thioether (sulfide) groups is 1. The van der Waals surface area contributed by atoms with Crippen LogP contribution in [0.1, 0.15) is 12.5 Å². The van der Waals surface area contributed by atoms with Crippen molar-refractivity contribution in [1.29, 1.82) is 0 Å². The van der Waals surface area contributed by atoms with Crippen LogP contribution in [0.3, 0.4) is 0 Å². The molecule has 9 heteroatoms. The summed E-state index contributed by atoms with van der Waals surface area (Å²) in [5.74, 6) is -1.37. The highest BCUT2D eigenvalue weighted by Gasteiger charge is 2.57. The monoisotopic (exact) mass is 460 g/mol. The van der Waals surface area contributed by atoms with Gasteiger partial charge in [0.15, 0.2) is 0 Å². The van der Waals surface area contributed by atoms with Crippen molar-refractivity contribution in [2.24, 2.45) is 5.92 Å². The van der Waals surface area contributed by atoms with Gasteiger partial charge in [-0.05, 0) is 36.4 Å². The molecule has 0 bridgehead atoms. The maximum absolute atomic E-state index is 12.5. The predicted octanol–water partition coefficient (Wildman–Crippen LogP) is 2.37. The highest BCUT2D eigenvalue weighted by molar-refractivity contribution is 8.04. The van der Waals surface area contributed by atoms with E-state index in [0.717, 1.165) is 26.9 Å². The normalized spacial score (nSPS) is 21.2. The first-order valence-corrected chi connectivity index (χ1v) is 11.3. The van der Waals surface area contributed by atoms with Gasteiger partial charge in [-0.25, -0.2) is 4.79 Å². The summed E-state index contributed by atoms with van der Waals surface area (Å²) in [4.78, 5) is 27.9. The molecule has 0 spiro atoms. The SMILES string of the molecule is COC(=O)C1=C(CNc2cccc3c(CCO)ccc(S)c23)SC2[C@@H](C(C)O)C(=O)N12. The fourth-order valence-corrected chi connectivity index (χ4v) is 6.04. The fourth-order valence-electron chi connectivity index (χ4n) is 4.17. The summed E-state index contributed by atoms with van der Waals surface area (Å²) in [7, 11) is 1.29. The van der Waals surface area contributed by atoms with Gasteiger partial charge in [0.2, 0.25) is 5.91 Å². The Balaban J connectivity index is 1.65. The second kappa shape index (κ2) is 8.74. The lowest BCUT2D eigenvalue weighted by Crippen LogP contribution is -2.60. The summed E-state index contributed by atoms with van der Waals surface area (Å²) in [6.45, 7) is 1.96. The Bertz CT molecular complexity index is 1090. The number of nitrogens with one attached hydrogen (secondary N) is 1. The lowest BCUT2D eigenvalue weighted by atomic mass is 9.92. The highest BCUT2D eigenvalue weighted by Crippen LogP contribution is 2.50. The second-order valence-corrected chi connectivity index (χ2v) is 9.24. The molecule has 3 N–H and O–H groups in total. The van der Waals surface area contributed by atoms with E-state index in [9.17, 15) is 19.8 Å². The number of benzene rings is 2. The first-order chi connectivity index (χ1) is 14.9. The topological polar surface area (TPSA) is 99.1 Å². The van der Waals surface area contributed by atoms with Crippen LogP contribution >= 0.6 is 24.4 Å². The molecule has 1 amide bonds. The lowest BCUT2D eigenvalue weighted by Gasteiger charge is -2.43. The average molecular weight is 461 g/mol. The van der Waals surface area contributed by atoms with Crippen LogP contribution < -0.4 is 5.32 Å². The molecule has 4 rings (SSSR count). The number of hydrogen-bond acceptors (Lipinski definition) is 8. The molecule has 2 aromatic rings. The van der Waals surface area contributed by atoms with E-state index in [0.29, 0.717) is 17.9 Å². The summed E-state index contributed by atoms with van der Waals surface area (Å²) >= 11 is 6.02. The number of hydrogen-bond donors (Lipinski definition) is 4. The molecule has 1 fully saturated rings. The largest absolute Gasteiger partial charge is 0.464 e. The summed E-state index contributed by atoms with van der Waals surface area (Å²) in [5.41, 5.74) is 2.10. The van der Waals surface area contributed by atoms with Crippen LogP contribution in [-0.2, 0) is 20.7 Å². The molecule has 164 valence electrons. The van der Waals surface area contributed by atoms with E-state index in [1.165, 1.54) is 23.8 Å². The molecular weight excluding hydrogens is 436 g/mol. The highest BCUT2D eigenvalue weighted by atomic mass is 32.2. The van der Waals surface area contributed by atoms with Gasteiger partial charge < -0.3 is 20.3 Å². The van der Waals surface area contributed by atoms with Crippen molar-refractivity contribution in [3.8, 4) is 0 Å². The quantitative estimate of drug-likeness (QED) is 0.286. The van der Waals surface area contributed by atoms with Gasteiger partial charge in [-0.1, -0.05) is 30.0 Å². The molecule has 2 unspecified atom stereocenters. The molecule has 31 heavy (non-hydrogen) atoms. The van der Waals surface area contributed by atoms with Crippen molar-refractivity contribution in [1.82, 2.24) is 4.90 Å². The van der Waals surface area contributed by atoms with E-state index in [1.54, 1.807) is 6.92 Å². The molecular formula is C22H24N2O5S2. The Kier molecular flexibility index (Phi) is 6.20. The Hall–Kier alpha value is -2.20. The summed E-state index contributed by atoms with van der Waals surface area (Å²) in [6, 6.07) is 9.72. The van der Waals surface area contributed by atoms with E-state index in [-0.39, 0.29) is 23.6 Å². The Labute approximate surface area is 189 Å². The van der Waals surface area contributed by atoms with Crippen molar-refractivity contribution < 1.29 is 24.5 Å². The number of fused-ring (bicyclic) bond motifs is 2. The number of carbonyl (C=O) groups is 2. The predicted molar refractivity (Wildman–Crippen MR) is 123 cm³/mol. The number of anilines is 1. The molecule has 1 saturated heterocycles. The average Bonchev–Trinajstić information content (AvgIpc) is 3.07. The van der Waals surface area contributed by atoms with Gasteiger partial charge in [0.25, 0.3) is 0 Å². The molecule has 0 radical (unpaired) electrons. The van der Waals surface area contributed by atoms with E-state index < -0.39 is 18.0 Å². The van der Waals surface area contributed by atoms with Crippen LogP contribution in [0.2, 0.25) is 0 Å². The van der Waals surface area contributed by atoms with Crippen LogP contribution in [0.5, 0.6) is 0 Å². The number of methoxy groups -OCH3 is 1. The summed E-state index contributed by atoms with van der Waals surface area (Å²) < 4.78 is 4.91. The van der Waals surface area contributed by atoms with Gasteiger partial charge in [0, 0.05) is 34.0 Å². The lowest BCUT2D eigenvalue weighted by molar-refractivity contribution is -0.157. The Morgan fingerprint density at radius 1 is 1.35 bits per heavy atom. The summed E-state index contributed by atoms with van der Waals surface area (Å²) in [6.07, 6.45) is -0.247. The standard InChI is InChI=1S/C22H24N2O5S2/c1-11(26)17-20(27)24-19(22(28)29-2)16(31-21(17)24)10-23-14-5-3-4-13-12(8-9-25)6-7-15(30)18(13)14/h3-7,11,17,21,23,25-26,30H,8-10H2,1-2H3/t11?,17-,21?/m0/s1. The van der Waals surface area contributed by atoms with Gasteiger partial charge >= 0.3 is 5.97 Å². The third-order valence-electron chi connectivity index (χ3n) is 5.68. The van der Waals surface area contributed by atoms with Gasteiger partial charge in [-0.15, -0.1) is 12.6 Å². The van der Waals surface area contributed by atoms with Crippen LogP contribution in [0.15, 0.2) is 45.8 Å². The first-order valence-electron chi connectivity index (χ1n) is 9.96. The van der Waals surface area contributed by atoms with Crippen molar-refractivity contribution in [2.75, 3.05) is 25.6 Å². The Morgan fingerprint density at radius 2 is 2.13 bits per heavy atom. The van der Waals surface area contributed by atoms with Crippen LogP contribution in [0.25, 0.3) is 10.8 Å². The van der Waals surface area contributed by atoms with Crippen LogP contribution in [0.4, 0.5) is 5.69 Å². The van der Waals surface area contributed by atoms with E-state index in [4.69, 9.17) is 4.74 Å². The van der Waals surface area contributed by atoms with Crippen molar-refractivity contribution in [3.05, 3.63) is 46.5 Å². The number of esters is 1. The van der Waals surface area contributed by atoms with Gasteiger partial charge in [0.05, 0.1) is 19.1 Å². The number of amides is 1. The Morgan fingerprint density at radius 3 is 2.81 bits per heavy atom. The number of β-lactam (4-membered cyclic amide) rings is 1. The molecule has 0 saturated carbocycles. The van der Waals surface area contributed by atoms with Gasteiger partial charge in [-0.2, -0.15) is 0 Å². The van der Waals surface area contributed by atoms with Crippen LogP contribution in [-0.4, -0.2) is 58.7 Å². The molecule has 7 nitrogen and oxygen atoms in total. The van der Waals surface area contributed by atoms with E-state index in [2.05, 4.69) is 17.9 Å². The number of nitrogens with zero attached hydrogens (tertiary/aromatic N) is 1. The molecule has 3 atom stereocenters. The maximum Gasteiger partial charge on any atom is 0.355 e. The molecule has 2 aliphatic heterocycles. The molecule has 0 aliphatic carbocycles. The fraction of sp³-hybridized carbons (Fsp3) is 0.364. The smallest absolute Gasteiger partial charge is 0.355 e. The van der Waals surface area contributed by atoms with Crippen LogP contribution in [0, 0.1) is 5.92 Å². The first kappa shape index (κ1) is 22.0. The third-order valence-corrected chi connectivity index (χ3v) is 7.42. The zero-order valence-corrected chi connectivity index (χ0v) is 18.9. The minimum Gasteiger partial charge on any atom is -0.464 e. The minimum absolute atomic E-state index is 0.0559. The number of rotatable bonds is 7. The number of aliphatic hydroxyl groups excluding tert-OH is 2. The summed E-state index contributed by atoms with van der Waals surface area (Å²) in [5, 5.41) is 24.3. The van der Waals surface area contributed by atoms with Crippen molar-refractivity contribution in [3.63, 3.8) is 0 Å². The van der Waals surface area contributed by atoms with E-state index in [1.807, 2.05) is 30.3 Å². The number of carbonyl (C=O) groups excluding carboxylic acids is 2. The number of ether oxygens (including phenoxy) is 1.